The maximum atomic E-state index is 12.6. The fourth-order valence-corrected chi connectivity index (χ4v) is 2.83. The molecule has 0 spiro atoms. The molecule has 132 valence electrons. The molecular formula is C19H18N4O3. The molecule has 0 unspecified atom stereocenters. The van der Waals surface area contributed by atoms with Crippen molar-refractivity contribution in [3.05, 3.63) is 69.9 Å². The van der Waals surface area contributed by atoms with Gasteiger partial charge in [-0.3, -0.25) is 9.59 Å². The van der Waals surface area contributed by atoms with E-state index in [0.717, 1.165) is 18.4 Å². The molecule has 2 heterocycles. The predicted octanol–water partition coefficient (Wildman–Crippen LogP) is 2.47. The highest BCUT2D eigenvalue weighted by Crippen LogP contribution is 2.33. The normalized spacial score (nSPS) is 13.6. The van der Waals surface area contributed by atoms with Gasteiger partial charge in [-0.2, -0.15) is 4.98 Å². The van der Waals surface area contributed by atoms with Gasteiger partial charge in [0.05, 0.1) is 6.54 Å². The standard InChI is InChI=1S/C19H18N4O3/c1-12-9-10-23(14-7-8-14)19(25)16(12)17(24)20-11-15-21-18(26-22-15)13-5-3-2-4-6-13/h2-6,9-10,14H,7-8,11H2,1H3,(H,20,24). The maximum Gasteiger partial charge on any atom is 0.263 e. The summed E-state index contributed by atoms with van der Waals surface area (Å²) in [5, 5.41) is 6.59. The molecule has 1 saturated carbocycles. The van der Waals surface area contributed by atoms with E-state index in [1.807, 2.05) is 30.3 Å². The van der Waals surface area contributed by atoms with Gasteiger partial charge in [0.25, 0.3) is 17.4 Å². The molecule has 26 heavy (non-hydrogen) atoms. The maximum absolute atomic E-state index is 12.6. The lowest BCUT2D eigenvalue weighted by Crippen LogP contribution is -2.33. The van der Waals surface area contributed by atoms with Gasteiger partial charge in [-0.25, -0.2) is 0 Å². The highest BCUT2D eigenvalue weighted by atomic mass is 16.5. The van der Waals surface area contributed by atoms with Crippen LogP contribution in [0.5, 0.6) is 0 Å². The monoisotopic (exact) mass is 350 g/mol. The summed E-state index contributed by atoms with van der Waals surface area (Å²) in [7, 11) is 0. The summed E-state index contributed by atoms with van der Waals surface area (Å²) in [6.45, 7) is 1.85. The minimum atomic E-state index is -0.423. The molecule has 1 amide bonds. The molecule has 3 aromatic rings. The first-order valence-electron chi connectivity index (χ1n) is 8.51. The molecule has 4 rings (SSSR count). The van der Waals surface area contributed by atoms with Crippen molar-refractivity contribution >= 4 is 5.91 Å². The zero-order valence-corrected chi connectivity index (χ0v) is 14.3. The van der Waals surface area contributed by atoms with E-state index in [2.05, 4.69) is 15.5 Å². The largest absolute Gasteiger partial charge is 0.344 e. The number of aryl methyl sites for hydroxylation is 1. The van der Waals surface area contributed by atoms with Gasteiger partial charge in [0.2, 0.25) is 0 Å². The van der Waals surface area contributed by atoms with E-state index in [-0.39, 0.29) is 23.7 Å². The van der Waals surface area contributed by atoms with Crippen molar-refractivity contribution < 1.29 is 9.32 Å². The first kappa shape index (κ1) is 16.3. The molecule has 1 aliphatic rings. The van der Waals surface area contributed by atoms with Crippen molar-refractivity contribution in [2.75, 3.05) is 0 Å². The van der Waals surface area contributed by atoms with Crippen LogP contribution in [-0.2, 0) is 6.54 Å². The van der Waals surface area contributed by atoms with Crippen LogP contribution in [0.1, 0.15) is 40.6 Å². The van der Waals surface area contributed by atoms with E-state index in [1.165, 1.54) is 0 Å². The molecule has 0 bridgehead atoms. The van der Waals surface area contributed by atoms with Crippen molar-refractivity contribution in [2.24, 2.45) is 0 Å². The van der Waals surface area contributed by atoms with E-state index >= 15 is 0 Å². The minimum absolute atomic E-state index is 0.0897. The Morgan fingerprint density at radius 1 is 1.27 bits per heavy atom. The third-order valence-electron chi connectivity index (χ3n) is 4.39. The molecule has 0 saturated heterocycles. The third-order valence-corrected chi connectivity index (χ3v) is 4.39. The Kier molecular flexibility index (Phi) is 4.12. The van der Waals surface area contributed by atoms with Gasteiger partial charge in [-0.15, -0.1) is 0 Å². The van der Waals surface area contributed by atoms with Gasteiger partial charge >= 0.3 is 0 Å². The van der Waals surface area contributed by atoms with Gasteiger partial charge < -0.3 is 14.4 Å². The van der Waals surface area contributed by atoms with Gasteiger partial charge in [-0.05, 0) is 43.5 Å². The topological polar surface area (TPSA) is 90.0 Å². The van der Waals surface area contributed by atoms with Crippen LogP contribution in [0.4, 0.5) is 0 Å². The van der Waals surface area contributed by atoms with Crippen molar-refractivity contribution in [1.29, 1.82) is 0 Å². The number of carbonyl (C=O) groups is 1. The van der Waals surface area contributed by atoms with Crippen LogP contribution in [0, 0.1) is 6.92 Å². The number of benzene rings is 1. The molecule has 0 aliphatic heterocycles. The van der Waals surface area contributed by atoms with E-state index < -0.39 is 5.91 Å². The first-order valence-corrected chi connectivity index (χ1v) is 8.51. The van der Waals surface area contributed by atoms with E-state index in [4.69, 9.17) is 4.52 Å². The third kappa shape index (κ3) is 3.15. The van der Waals surface area contributed by atoms with Gasteiger partial charge in [0.1, 0.15) is 5.56 Å². The Morgan fingerprint density at radius 2 is 2.04 bits per heavy atom. The summed E-state index contributed by atoms with van der Waals surface area (Å²) in [6.07, 6.45) is 3.72. The van der Waals surface area contributed by atoms with Gasteiger partial charge in [-0.1, -0.05) is 23.4 Å². The molecule has 2 aromatic heterocycles. The number of amides is 1. The van der Waals surface area contributed by atoms with Crippen LogP contribution in [0.2, 0.25) is 0 Å². The van der Waals surface area contributed by atoms with E-state index in [0.29, 0.717) is 17.3 Å². The SMILES string of the molecule is Cc1ccn(C2CC2)c(=O)c1C(=O)NCc1noc(-c2ccccc2)n1. The Hall–Kier alpha value is -3.22. The molecular weight excluding hydrogens is 332 g/mol. The second-order valence-electron chi connectivity index (χ2n) is 6.38. The summed E-state index contributed by atoms with van der Waals surface area (Å²) in [6, 6.07) is 11.4. The molecule has 0 radical (unpaired) electrons. The number of carbonyl (C=O) groups excluding carboxylic acids is 1. The van der Waals surface area contributed by atoms with Crippen LogP contribution in [0.15, 0.2) is 51.9 Å². The summed E-state index contributed by atoms with van der Waals surface area (Å²) in [4.78, 5) is 29.4. The first-order chi connectivity index (χ1) is 12.6. The fraction of sp³-hybridized carbons (Fsp3) is 0.263. The number of hydrogen-bond acceptors (Lipinski definition) is 5. The van der Waals surface area contributed by atoms with Crippen LogP contribution in [0.25, 0.3) is 11.5 Å². The van der Waals surface area contributed by atoms with Crippen molar-refractivity contribution in [3.63, 3.8) is 0 Å². The van der Waals surface area contributed by atoms with Crippen molar-refractivity contribution in [1.82, 2.24) is 20.0 Å². The second kappa shape index (κ2) is 6.59. The average molecular weight is 350 g/mol. The highest BCUT2D eigenvalue weighted by Gasteiger charge is 2.27. The lowest BCUT2D eigenvalue weighted by molar-refractivity contribution is 0.0947. The summed E-state index contributed by atoms with van der Waals surface area (Å²) in [5.74, 6) is 0.323. The number of nitrogens with one attached hydrogen (secondary N) is 1. The van der Waals surface area contributed by atoms with Gasteiger partial charge in [0.15, 0.2) is 5.82 Å². The lowest BCUT2D eigenvalue weighted by atomic mass is 10.1. The van der Waals surface area contributed by atoms with Crippen molar-refractivity contribution in [3.8, 4) is 11.5 Å². The van der Waals surface area contributed by atoms with E-state index in [9.17, 15) is 9.59 Å². The van der Waals surface area contributed by atoms with Crippen LogP contribution >= 0.6 is 0 Å². The number of nitrogens with zero attached hydrogens (tertiary/aromatic N) is 3. The van der Waals surface area contributed by atoms with Crippen LogP contribution < -0.4 is 10.9 Å². The van der Waals surface area contributed by atoms with Gasteiger partial charge in [0, 0.05) is 17.8 Å². The minimum Gasteiger partial charge on any atom is -0.344 e. The zero-order chi connectivity index (χ0) is 18.1. The highest BCUT2D eigenvalue weighted by molar-refractivity contribution is 5.95. The molecule has 7 nitrogen and oxygen atoms in total. The second-order valence-corrected chi connectivity index (χ2v) is 6.38. The van der Waals surface area contributed by atoms with Crippen LogP contribution in [-0.4, -0.2) is 20.6 Å². The number of aromatic nitrogens is 3. The Bertz CT molecular complexity index is 1000. The van der Waals surface area contributed by atoms with Crippen molar-refractivity contribution in [2.45, 2.75) is 32.4 Å². The number of rotatable bonds is 5. The van der Waals surface area contributed by atoms with E-state index in [1.54, 1.807) is 23.8 Å². The molecule has 1 N–H and O–H groups in total. The number of hydrogen-bond donors (Lipinski definition) is 1. The molecule has 1 aliphatic carbocycles. The average Bonchev–Trinajstić information content (AvgIpc) is 3.37. The quantitative estimate of drug-likeness (QED) is 0.763. The molecule has 1 fully saturated rings. The Labute approximate surface area is 149 Å². The molecule has 0 atom stereocenters. The zero-order valence-electron chi connectivity index (χ0n) is 14.3. The predicted molar refractivity (Wildman–Crippen MR) is 94.6 cm³/mol. The summed E-state index contributed by atoms with van der Waals surface area (Å²) < 4.78 is 6.86. The Morgan fingerprint density at radius 3 is 2.77 bits per heavy atom. The summed E-state index contributed by atoms with van der Waals surface area (Å²) >= 11 is 0. The fourth-order valence-electron chi connectivity index (χ4n) is 2.83. The molecule has 7 heteroatoms. The Balaban J connectivity index is 1.49. The van der Waals surface area contributed by atoms with Crippen LogP contribution in [0.3, 0.4) is 0 Å². The lowest BCUT2D eigenvalue weighted by Gasteiger charge is -2.09. The summed E-state index contributed by atoms with van der Waals surface area (Å²) in [5.41, 5.74) is 1.39. The smallest absolute Gasteiger partial charge is 0.263 e. The molecule has 1 aromatic carbocycles. The number of pyridine rings is 1.